The molecular weight excluding hydrogens is 356 g/mol. The molecule has 3 rings (SSSR count). The fourth-order valence-corrected chi connectivity index (χ4v) is 4.35. The standard InChI is InChI=1S/C19H28O6S/c1-5-26-18-17(22-11-12-6-8-13(21-4)9-7-12)16-15(14(10-20)23-18)24-19(2,3)25-16/h6-9,14-18,20H,5,10-11H2,1-4H3/t14-,15+,16+,17-,18+/m1/s1. The molecule has 1 aromatic carbocycles. The topological polar surface area (TPSA) is 66.4 Å². The minimum Gasteiger partial charge on any atom is -0.497 e. The lowest BCUT2D eigenvalue weighted by atomic mass is 10.00. The normalized spacial score (nSPS) is 33.0. The van der Waals surface area contributed by atoms with Crippen molar-refractivity contribution >= 4 is 11.8 Å². The van der Waals surface area contributed by atoms with E-state index in [2.05, 4.69) is 6.92 Å². The summed E-state index contributed by atoms with van der Waals surface area (Å²) in [6.07, 6.45) is -1.31. The molecule has 2 saturated heterocycles. The largest absolute Gasteiger partial charge is 0.497 e. The van der Waals surface area contributed by atoms with Crippen LogP contribution in [0.5, 0.6) is 5.75 Å². The molecule has 0 saturated carbocycles. The van der Waals surface area contributed by atoms with Gasteiger partial charge in [0, 0.05) is 0 Å². The number of benzene rings is 1. The highest BCUT2D eigenvalue weighted by molar-refractivity contribution is 7.99. The second kappa shape index (κ2) is 8.46. The van der Waals surface area contributed by atoms with E-state index < -0.39 is 11.9 Å². The van der Waals surface area contributed by atoms with Gasteiger partial charge in [-0.25, -0.2) is 0 Å². The van der Waals surface area contributed by atoms with Gasteiger partial charge in [-0.05, 0) is 37.3 Å². The molecule has 1 aromatic rings. The summed E-state index contributed by atoms with van der Waals surface area (Å²) in [6, 6.07) is 7.79. The SMILES string of the molecule is CCS[C@@H]1O[C@H](CO)[C@@H]2OC(C)(C)O[C@@H]2[C@H]1OCc1ccc(OC)cc1. The van der Waals surface area contributed by atoms with Crippen molar-refractivity contribution in [3.63, 3.8) is 0 Å². The summed E-state index contributed by atoms with van der Waals surface area (Å²) in [4.78, 5) is 0. The van der Waals surface area contributed by atoms with Gasteiger partial charge >= 0.3 is 0 Å². The zero-order valence-electron chi connectivity index (χ0n) is 15.7. The van der Waals surface area contributed by atoms with Crippen molar-refractivity contribution in [1.82, 2.24) is 0 Å². The molecule has 6 nitrogen and oxygen atoms in total. The average Bonchev–Trinajstić information content (AvgIpc) is 2.96. The molecule has 2 aliphatic heterocycles. The summed E-state index contributed by atoms with van der Waals surface area (Å²) in [5.74, 6) is 0.973. The molecule has 0 radical (unpaired) electrons. The summed E-state index contributed by atoms with van der Waals surface area (Å²) >= 11 is 1.66. The summed E-state index contributed by atoms with van der Waals surface area (Å²) in [7, 11) is 1.65. The molecule has 1 N–H and O–H groups in total. The molecule has 0 amide bonds. The van der Waals surface area contributed by atoms with Crippen LogP contribution in [0.4, 0.5) is 0 Å². The third kappa shape index (κ3) is 4.35. The van der Waals surface area contributed by atoms with Crippen LogP contribution in [0.25, 0.3) is 0 Å². The first-order valence-electron chi connectivity index (χ1n) is 8.95. The molecule has 0 unspecified atom stereocenters. The van der Waals surface area contributed by atoms with Gasteiger partial charge in [-0.1, -0.05) is 19.1 Å². The van der Waals surface area contributed by atoms with Crippen molar-refractivity contribution < 1.29 is 28.8 Å². The molecule has 0 bridgehead atoms. The van der Waals surface area contributed by atoms with Crippen LogP contribution in [0.15, 0.2) is 24.3 Å². The van der Waals surface area contributed by atoms with E-state index in [4.69, 9.17) is 23.7 Å². The number of rotatable bonds is 7. The van der Waals surface area contributed by atoms with Crippen molar-refractivity contribution in [1.29, 1.82) is 0 Å². The maximum absolute atomic E-state index is 9.72. The second-order valence-corrected chi connectivity index (χ2v) is 8.24. The van der Waals surface area contributed by atoms with Crippen LogP contribution in [0.2, 0.25) is 0 Å². The minimum absolute atomic E-state index is 0.105. The first-order valence-corrected chi connectivity index (χ1v) is 10.0. The Balaban J connectivity index is 1.74. The van der Waals surface area contributed by atoms with Gasteiger partial charge in [0.25, 0.3) is 0 Å². The summed E-state index contributed by atoms with van der Waals surface area (Å²) < 4.78 is 29.6. The van der Waals surface area contributed by atoms with E-state index >= 15 is 0 Å². The van der Waals surface area contributed by atoms with Crippen LogP contribution < -0.4 is 4.74 Å². The van der Waals surface area contributed by atoms with Gasteiger partial charge in [0.1, 0.15) is 35.6 Å². The average molecular weight is 384 g/mol. The third-order valence-electron chi connectivity index (χ3n) is 4.54. The Morgan fingerprint density at radius 2 is 1.85 bits per heavy atom. The molecule has 2 heterocycles. The van der Waals surface area contributed by atoms with Crippen molar-refractivity contribution in [2.24, 2.45) is 0 Å². The first-order chi connectivity index (χ1) is 12.5. The fraction of sp³-hybridized carbons (Fsp3) is 0.684. The van der Waals surface area contributed by atoms with E-state index in [1.54, 1.807) is 18.9 Å². The first kappa shape index (κ1) is 19.9. The number of aliphatic hydroxyl groups excluding tert-OH is 1. The molecule has 146 valence electrons. The number of thioether (sulfide) groups is 1. The number of fused-ring (bicyclic) bond motifs is 1. The lowest BCUT2D eigenvalue weighted by molar-refractivity contribution is -0.187. The van der Waals surface area contributed by atoms with Crippen LogP contribution in [0, 0.1) is 0 Å². The van der Waals surface area contributed by atoms with Crippen LogP contribution in [0.1, 0.15) is 26.3 Å². The zero-order valence-corrected chi connectivity index (χ0v) is 16.5. The summed E-state index contributed by atoms with van der Waals surface area (Å²) in [5.41, 5.74) is 0.833. The predicted molar refractivity (Wildman–Crippen MR) is 99.3 cm³/mol. The Morgan fingerprint density at radius 1 is 1.15 bits per heavy atom. The molecule has 0 aromatic heterocycles. The zero-order chi connectivity index (χ0) is 18.7. The van der Waals surface area contributed by atoms with E-state index in [0.717, 1.165) is 17.1 Å². The Hall–Kier alpha value is -0.830. The van der Waals surface area contributed by atoms with Gasteiger partial charge in [0.2, 0.25) is 0 Å². The van der Waals surface area contributed by atoms with Crippen molar-refractivity contribution in [3.05, 3.63) is 29.8 Å². The minimum atomic E-state index is -0.723. The number of hydrogen-bond acceptors (Lipinski definition) is 7. The number of methoxy groups -OCH3 is 1. The maximum atomic E-state index is 9.72. The molecule has 26 heavy (non-hydrogen) atoms. The monoisotopic (exact) mass is 384 g/mol. The van der Waals surface area contributed by atoms with Crippen molar-refractivity contribution in [2.45, 2.75) is 63.0 Å². The van der Waals surface area contributed by atoms with Gasteiger partial charge in [-0.2, -0.15) is 0 Å². The summed E-state index contributed by atoms with van der Waals surface area (Å²) in [5, 5.41) is 9.72. The Labute approximate surface area is 159 Å². The van der Waals surface area contributed by atoms with Gasteiger partial charge in [0.15, 0.2) is 5.79 Å². The van der Waals surface area contributed by atoms with Crippen LogP contribution in [0.3, 0.4) is 0 Å². The molecule has 2 aliphatic rings. The second-order valence-electron chi connectivity index (χ2n) is 6.87. The van der Waals surface area contributed by atoms with E-state index in [1.165, 1.54) is 0 Å². The van der Waals surface area contributed by atoms with Gasteiger partial charge in [-0.15, -0.1) is 11.8 Å². The van der Waals surface area contributed by atoms with Crippen LogP contribution in [-0.2, 0) is 25.6 Å². The maximum Gasteiger partial charge on any atom is 0.164 e. The fourth-order valence-electron chi connectivity index (χ4n) is 3.37. The third-order valence-corrected chi connectivity index (χ3v) is 5.58. The Morgan fingerprint density at radius 3 is 2.46 bits per heavy atom. The molecule has 2 fully saturated rings. The van der Waals surface area contributed by atoms with Gasteiger partial charge in [-0.3, -0.25) is 0 Å². The Bertz CT molecular complexity index is 578. The van der Waals surface area contributed by atoms with Crippen molar-refractivity contribution in [3.8, 4) is 5.75 Å². The molecule has 5 atom stereocenters. The highest BCUT2D eigenvalue weighted by Gasteiger charge is 2.55. The molecular formula is C19H28O6S. The predicted octanol–water partition coefficient (Wildman–Crippen LogP) is 2.57. The lowest BCUT2D eigenvalue weighted by Gasteiger charge is -2.41. The van der Waals surface area contributed by atoms with Crippen LogP contribution >= 0.6 is 11.8 Å². The van der Waals surface area contributed by atoms with E-state index in [9.17, 15) is 5.11 Å². The van der Waals surface area contributed by atoms with E-state index in [0.29, 0.717) is 6.61 Å². The van der Waals surface area contributed by atoms with Gasteiger partial charge in [0.05, 0.1) is 20.3 Å². The number of ether oxygens (including phenoxy) is 5. The van der Waals surface area contributed by atoms with Crippen LogP contribution in [-0.4, -0.2) is 60.2 Å². The molecule has 0 spiro atoms. The van der Waals surface area contributed by atoms with E-state index in [1.807, 2.05) is 38.1 Å². The quantitative estimate of drug-likeness (QED) is 0.775. The van der Waals surface area contributed by atoms with E-state index in [-0.39, 0.29) is 30.4 Å². The van der Waals surface area contributed by atoms with Gasteiger partial charge < -0.3 is 28.8 Å². The van der Waals surface area contributed by atoms with Crippen molar-refractivity contribution in [2.75, 3.05) is 19.5 Å². The smallest absolute Gasteiger partial charge is 0.164 e. The number of aliphatic hydroxyl groups is 1. The summed E-state index contributed by atoms with van der Waals surface area (Å²) in [6.45, 7) is 6.16. The highest BCUT2D eigenvalue weighted by Crippen LogP contribution is 2.41. The molecule has 0 aliphatic carbocycles. The number of hydrogen-bond donors (Lipinski definition) is 1. The Kier molecular flexibility index (Phi) is 6.48. The highest BCUT2D eigenvalue weighted by atomic mass is 32.2. The molecule has 7 heteroatoms. The lowest BCUT2D eigenvalue weighted by Crippen LogP contribution is -2.57.